The van der Waals surface area contributed by atoms with Gasteiger partial charge in [-0.15, -0.1) is 0 Å². The third-order valence-corrected chi connectivity index (χ3v) is 4.10. The fraction of sp³-hybridized carbons (Fsp3) is 0.611. The normalized spacial score (nSPS) is 23.0. The van der Waals surface area contributed by atoms with Crippen LogP contribution in [-0.2, 0) is 4.74 Å². The van der Waals surface area contributed by atoms with Crippen molar-refractivity contribution in [2.24, 2.45) is 5.73 Å². The molecule has 1 fully saturated rings. The van der Waals surface area contributed by atoms with Crippen molar-refractivity contribution in [1.29, 1.82) is 0 Å². The minimum atomic E-state index is -0.549. The van der Waals surface area contributed by atoms with E-state index in [-0.39, 0.29) is 18.2 Å². The maximum absolute atomic E-state index is 12.4. The SMILES string of the molecule is CCC(N)c1ccc([C@H]2C[C@@H](O)CN2C(=O)OC(C)(C)C)cc1. The fourth-order valence-electron chi connectivity index (χ4n) is 2.85. The highest BCUT2D eigenvalue weighted by Gasteiger charge is 2.37. The number of nitrogens with zero attached hydrogens (tertiary/aromatic N) is 1. The molecule has 1 unspecified atom stereocenters. The summed E-state index contributed by atoms with van der Waals surface area (Å²) in [5, 5.41) is 9.99. The highest BCUT2D eigenvalue weighted by Crippen LogP contribution is 2.34. The van der Waals surface area contributed by atoms with Gasteiger partial charge in [0.05, 0.1) is 18.7 Å². The molecule has 5 heteroatoms. The predicted molar refractivity (Wildman–Crippen MR) is 90.0 cm³/mol. The van der Waals surface area contributed by atoms with Crippen molar-refractivity contribution in [2.45, 2.75) is 64.3 Å². The Labute approximate surface area is 138 Å². The van der Waals surface area contributed by atoms with Crippen LogP contribution in [0, 0.1) is 0 Å². The molecule has 0 saturated carbocycles. The summed E-state index contributed by atoms with van der Waals surface area (Å²) in [5.41, 5.74) is 7.57. The molecule has 1 aromatic carbocycles. The number of aliphatic hydroxyl groups excluding tert-OH is 1. The van der Waals surface area contributed by atoms with Crippen LogP contribution in [0.4, 0.5) is 4.79 Å². The van der Waals surface area contributed by atoms with Gasteiger partial charge in [0.2, 0.25) is 0 Å². The fourth-order valence-corrected chi connectivity index (χ4v) is 2.85. The van der Waals surface area contributed by atoms with Gasteiger partial charge in [-0.1, -0.05) is 31.2 Å². The summed E-state index contributed by atoms with van der Waals surface area (Å²) >= 11 is 0. The Bertz CT molecular complexity index is 536. The molecule has 0 aliphatic carbocycles. The summed E-state index contributed by atoms with van der Waals surface area (Å²) in [6, 6.07) is 7.85. The van der Waals surface area contributed by atoms with E-state index in [0.29, 0.717) is 13.0 Å². The molecule has 1 saturated heterocycles. The largest absolute Gasteiger partial charge is 0.444 e. The number of benzene rings is 1. The summed E-state index contributed by atoms with van der Waals surface area (Å²) < 4.78 is 5.46. The van der Waals surface area contributed by atoms with Crippen molar-refractivity contribution in [2.75, 3.05) is 6.54 Å². The van der Waals surface area contributed by atoms with E-state index in [4.69, 9.17) is 10.5 Å². The molecular formula is C18H28N2O3. The molecule has 0 bridgehead atoms. The number of ether oxygens (including phenoxy) is 1. The number of aliphatic hydroxyl groups is 1. The van der Waals surface area contributed by atoms with E-state index < -0.39 is 11.7 Å². The van der Waals surface area contributed by atoms with E-state index >= 15 is 0 Å². The molecule has 1 aliphatic rings. The quantitative estimate of drug-likeness (QED) is 0.897. The van der Waals surface area contributed by atoms with Gasteiger partial charge < -0.3 is 15.6 Å². The zero-order chi connectivity index (χ0) is 17.2. The molecule has 0 aromatic heterocycles. The second-order valence-electron chi connectivity index (χ2n) is 7.22. The molecule has 0 radical (unpaired) electrons. The summed E-state index contributed by atoms with van der Waals surface area (Å²) in [4.78, 5) is 14.0. The van der Waals surface area contributed by atoms with Crippen molar-refractivity contribution in [1.82, 2.24) is 4.90 Å². The summed E-state index contributed by atoms with van der Waals surface area (Å²) in [6.07, 6.45) is 0.503. The van der Waals surface area contributed by atoms with Gasteiger partial charge in [0.1, 0.15) is 5.60 Å². The number of carbonyl (C=O) groups excluding carboxylic acids is 1. The highest BCUT2D eigenvalue weighted by atomic mass is 16.6. The number of amides is 1. The molecular weight excluding hydrogens is 292 g/mol. The minimum absolute atomic E-state index is 0.0279. The Morgan fingerprint density at radius 1 is 1.39 bits per heavy atom. The van der Waals surface area contributed by atoms with E-state index in [1.54, 1.807) is 4.90 Å². The number of carbonyl (C=O) groups is 1. The van der Waals surface area contributed by atoms with Gasteiger partial charge in [-0.2, -0.15) is 0 Å². The van der Waals surface area contributed by atoms with Crippen LogP contribution in [0.2, 0.25) is 0 Å². The number of hydrogen-bond donors (Lipinski definition) is 2. The Morgan fingerprint density at radius 3 is 2.52 bits per heavy atom. The Kier molecular flexibility index (Phi) is 5.32. The lowest BCUT2D eigenvalue weighted by Crippen LogP contribution is -2.37. The zero-order valence-corrected chi connectivity index (χ0v) is 14.5. The lowest BCUT2D eigenvalue weighted by Gasteiger charge is -2.28. The molecule has 1 heterocycles. The first-order valence-electron chi connectivity index (χ1n) is 8.24. The van der Waals surface area contributed by atoms with Crippen LogP contribution in [0.1, 0.15) is 63.7 Å². The molecule has 1 amide bonds. The zero-order valence-electron chi connectivity index (χ0n) is 14.5. The second kappa shape index (κ2) is 6.89. The van der Waals surface area contributed by atoms with Crippen LogP contribution in [-0.4, -0.2) is 34.3 Å². The van der Waals surface area contributed by atoms with Gasteiger partial charge in [0, 0.05) is 6.04 Å². The van der Waals surface area contributed by atoms with Crippen LogP contribution in [0.5, 0.6) is 0 Å². The molecule has 2 rings (SSSR count). The molecule has 23 heavy (non-hydrogen) atoms. The summed E-state index contributed by atoms with van der Waals surface area (Å²) in [5.74, 6) is 0. The highest BCUT2D eigenvalue weighted by molar-refractivity contribution is 5.69. The average Bonchev–Trinajstić information content (AvgIpc) is 2.87. The van der Waals surface area contributed by atoms with E-state index in [9.17, 15) is 9.90 Å². The Balaban J connectivity index is 2.17. The van der Waals surface area contributed by atoms with Crippen LogP contribution < -0.4 is 5.73 Å². The van der Waals surface area contributed by atoms with Gasteiger partial charge in [0.25, 0.3) is 0 Å². The topological polar surface area (TPSA) is 75.8 Å². The van der Waals surface area contributed by atoms with Crippen molar-refractivity contribution in [3.8, 4) is 0 Å². The molecule has 3 N–H and O–H groups in total. The molecule has 3 atom stereocenters. The minimum Gasteiger partial charge on any atom is -0.444 e. The summed E-state index contributed by atoms with van der Waals surface area (Å²) in [6.45, 7) is 7.87. The number of rotatable bonds is 3. The van der Waals surface area contributed by atoms with Gasteiger partial charge >= 0.3 is 6.09 Å². The maximum atomic E-state index is 12.4. The number of β-amino-alcohol motifs (C(OH)–C–C–N with tert-alkyl or cyclic N) is 1. The Morgan fingerprint density at radius 2 is 2.00 bits per heavy atom. The monoisotopic (exact) mass is 320 g/mol. The smallest absolute Gasteiger partial charge is 0.410 e. The van der Waals surface area contributed by atoms with Crippen LogP contribution >= 0.6 is 0 Å². The third kappa shape index (κ3) is 4.45. The first kappa shape index (κ1) is 17.8. The van der Waals surface area contributed by atoms with Gasteiger partial charge in [-0.3, -0.25) is 4.90 Å². The van der Waals surface area contributed by atoms with Crippen molar-refractivity contribution in [3.05, 3.63) is 35.4 Å². The number of hydrogen-bond acceptors (Lipinski definition) is 4. The predicted octanol–water partition coefficient (Wildman–Crippen LogP) is 3.14. The van der Waals surface area contributed by atoms with E-state index in [2.05, 4.69) is 6.92 Å². The number of likely N-dealkylation sites (tertiary alicyclic amines) is 1. The summed E-state index contributed by atoms with van der Waals surface area (Å²) in [7, 11) is 0. The second-order valence-corrected chi connectivity index (χ2v) is 7.22. The van der Waals surface area contributed by atoms with Crippen molar-refractivity contribution in [3.63, 3.8) is 0 Å². The average molecular weight is 320 g/mol. The first-order valence-corrected chi connectivity index (χ1v) is 8.24. The first-order chi connectivity index (χ1) is 10.7. The standard InChI is InChI=1S/C18H28N2O3/c1-5-15(19)12-6-8-13(9-7-12)16-10-14(21)11-20(16)17(22)23-18(2,3)4/h6-9,14-16,21H,5,10-11,19H2,1-4H3/t14-,15?,16-/m1/s1. The molecule has 5 nitrogen and oxygen atoms in total. The van der Waals surface area contributed by atoms with Crippen LogP contribution in [0.3, 0.4) is 0 Å². The van der Waals surface area contributed by atoms with Crippen molar-refractivity contribution >= 4 is 6.09 Å². The molecule has 1 aliphatic heterocycles. The molecule has 0 spiro atoms. The third-order valence-electron chi connectivity index (χ3n) is 4.10. The maximum Gasteiger partial charge on any atom is 0.410 e. The van der Waals surface area contributed by atoms with Crippen LogP contribution in [0.25, 0.3) is 0 Å². The van der Waals surface area contributed by atoms with Crippen LogP contribution in [0.15, 0.2) is 24.3 Å². The Hall–Kier alpha value is -1.59. The molecule has 128 valence electrons. The van der Waals surface area contributed by atoms with E-state index in [1.807, 2.05) is 45.0 Å². The lowest BCUT2D eigenvalue weighted by atomic mass is 9.99. The molecule has 1 aromatic rings. The van der Waals surface area contributed by atoms with E-state index in [1.165, 1.54) is 0 Å². The van der Waals surface area contributed by atoms with E-state index in [0.717, 1.165) is 17.5 Å². The van der Waals surface area contributed by atoms with Gasteiger partial charge in [0.15, 0.2) is 0 Å². The van der Waals surface area contributed by atoms with Gasteiger partial charge in [-0.05, 0) is 44.7 Å². The van der Waals surface area contributed by atoms with Gasteiger partial charge in [-0.25, -0.2) is 4.79 Å². The van der Waals surface area contributed by atoms with Crippen molar-refractivity contribution < 1.29 is 14.6 Å². The lowest BCUT2D eigenvalue weighted by molar-refractivity contribution is 0.0206. The number of nitrogens with two attached hydrogens (primary N) is 1.